The highest BCUT2D eigenvalue weighted by Gasteiger charge is 2.49. The summed E-state index contributed by atoms with van der Waals surface area (Å²) in [5.74, 6) is 1.07. The van der Waals surface area contributed by atoms with E-state index in [1.165, 1.54) is 80.9 Å². The third-order valence-electron chi connectivity index (χ3n) is 10.5. The Morgan fingerprint density at radius 2 is 0.975 bits per heavy atom. The monoisotopic (exact) mass is 528 g/mol. The molecule has 0 radical (unpaired) electrons. The third kappa shape index (κ3) is 4.25. The lowest BCUT2D eigenvalue weighted by Crippen LogP contribution is -2.43. The van der Waals surface area contributed by atoms with E-state index in [9.17, 15) is 0 Å². The van der Waals surface area contributed by atoms with Gasteiger partial charge in [0, 0.05) is 22.7 Å². The standard InChI is InChI=1S/C40H48/c1-5-23-39(24-6-2)35-15-11-12-16-36(35)40(25-7-3,26-8-4)38-28-34-31(21-22-32(34)27-37(38)39)20-19-30-18-17-29-13-9-10-14-33(29)30/h9-18,21-22,27-28,30-31H,5-8,19-20,23-26H2,1-4H3. The molecule has 0 fully saturated rings. The SMILES string of the molecule is CCCC1(CCC)c2ccccc2C(CCC)(CCC)c2cc3c(cc21)C=CC3CCC1C=Cc2ccccc21. The maximum atomic E-state index is 2.73. The zero-order valence-electron chi connectivity index (χ0n) is 25.3. The van der Waals surface area contributed by atoms with Crippen LogP contribution in [0.15, 0.2) is 72.8 Å². The first-order valence-electron chi connectivity index (χ1n) is 16.4. The number of benzene rings is 3. The van der Waals surface area contributed by atoms with E-state index in [1.807, 2.05) is 0 Å². The van der Waals surface area contributed by atoms with E-state index in [4.69, 9.17) is 0 Å². The number of rotatable bonds is 11. The molecular formula is C40H48. The van der Waals surface area contributed by atoms with Crippen molar-refractivity contribution in [3.05, 3.63) is 117 Å². The van der Waals surface area contributed by atoms with E-state index in [-0.39, 0.29) is 10.8 Å². The van der Waals surface area contributed by atoms with Crippen LogP contribution < -0.4 is 0 Å². The van der Waals surface area contributed by atoms with Crippen molar-refractivity contribution < 1.29 is 0 Å². The predicted molar refractivity (Wildman–Crippen MR) is 173 cm³/mol. The maximum absolute atomic E-state index is 2.73. The lowest BCUT2D eigenvalue weighted by molar-refractivity contribution is 0.347. The summed E-state index contributed by atoms with van der Waals surface area (Å²) in [5.41, 5.74) is 12.9. The van der Waals surface area contributed by atoms with E-state index >= 15 is 0 Å². The number of hydrogen-bond acceptors (Lipinski definition) is 0. The van der Waals surface area contributed by atoms with Gasteiger partial charge in [0.05, 0.1) is 0 Å². The van der Waals surface area contributed by atoms with Crippen molar-refractivity contribution in [1.29, 1.82) is 0 Å². The van der Waals surface area contributed by atoms with Crippen molar-refractivity contribution in [3.63, 3.8) is 0 Å². The molecule has 0 aliphatic heterocycles. The van der Waals surface area contributed by atoms with Gasteiger partial charge in [-0.3, -0.25) is 0 Å². The second-order valence-electron chi connectivity index (χ2n) is 12.9. The zero-order valence-corrected chi connectivity index (χ0v) is 25.3. The Balaban J connectivity index is 1.46. The van der Waals surface area contributed by atoms with Crippen LogP contribution in [0.25, 0.3) is 12.2 Å². The molecule has 0 nitrogen and oxygen atoms in total. The Kier molecular flexibility index (Phi) is 7.64. The largest absolute Gasteiger partial charge is 0.0764 e. The van der Waals surface area contributed by atoms with E-state index < -0.39 is 0 Å². The average Bonchev–Trinajstić information content (AvgIpc) is 3.58. The van der Waals surface area contributed by atoms with Crippen molar-refractivity contribution in [1.82, 2.24) is 0 Å². The minimum atomic E-state index is 0.121. The fraction of sp³-hybridized carbons (Fsp3) is 0.450. The van der Waals surface area contributed by atoms with Crippen LogP contribution in [0.5, 0.6) is 0 Å². The molecule has 0 heteroatoms. The van der Waals surface area contributed by atoms with Crippen molar-refractivity contribution in [2.24, 2.45) is 0 Å². The van der Waals surface area contributed by atoms with Crippen LogP contribution in [0, 0.1) is 0 Å². The molecule has 3 aromatic carbocycles. The lowest BCUT2D eigenvalue weighted by atomic mass is 9.52. The number of fused-ring (bicyclic) bond motifs is 4. The normalized spacial score (nSPS) is 20.7. The van der Waals surface area contributed by atoms with E-state index in [1.54, 1.807) is 27.8 Å². The smallest absolute Gasteiger partial charge is 0.0209 e. The summed E-state index contributed by atoms with van der Waals surface area (Å²) in [6.07, 6.45) is 22.0. The third-order valence-corrected chi connectivity index (χ3v) is 10.5. The van der Waals surface area contributed by atoms with E-state index in [0.717, 1.165) is 0 Å². The van der Waals surface area contributed by atoms with E-state index in [0.29, 0.717) is 11.8 Å². The van der Waals surface area contributed by atoms with Gasteiger partial charge in [-0.2, -0.15) is 0 Å². The second kappa shape index (κ2) is 11.2. The molecule has 0 saturated heterocycles. The minimum absolute atomic E-state index is 0.121. The predicted octanol–water partition coefficient (Wildman–Crippen LogP) is 11.5. The Bertz CT molecular complexity index is 1400. The molecule has 3 aliphatic rings. The first kappa shape index (κ1) is 27.3. The van der Waals surface area contributed by atoms with Crippen LogP contribution in [0.1, 0.15) is 148 Å². The highest BCUT2D eigenvalue weighted by Crippen LogP contribution is 2.58. The average molecular weight is 529 g/mol. The molecule has 0 aromatic heterocycles. The van der Waals surface area contributed by atoms with Gasteiger partial charge >= 0.3 is 0 Å². The van der Waals surface area contributed by atoms with Crippen LogP contribution in [0.3, 0.4) is 0 Å². The number of hydrogen-bond donors (Lipinski definition) is 0. The van der Waals surface area contributed by atoms with Gasteiger partial charge in [0.1, 0.15) is 0 Å². The Labute approximate surface area is 243 Å². The van der Waals surface area contributed by atoms with Crippen molar-refractivity contribution in [2.45, 2.75) is 115 Å². The molecule has 208 valence electrons. The Morgan fingerprint density at radius 3 is 1.55 bits per heavy atom. The van der Waals surface area contributed by atoms with Gasteiger partial charge in [0.25, 0.3) is 0 Å². The summed E-state index contributed by atoms with van der Waals surface area (Å²) in [7, 11) is 0. The maximum Gasteiger partial charge on any atom is 0.0209 e. The van der Waals surface area contributed by atoms with Gasteiger partial charge in [0.15, 0.2) is 0 Å². The molecule has 0 saturated carbocycles. The van der Waals surface area contributed by atoms with Crippen LogP contribution in [-0.2, 0) is 10.8 Å². The fourth-order valence-corrected chi connectivity index (χ4v) is 9.04. The van der Waals surface area contributed by atoms with Crippen LogP contribution >= 0.6 is 0 Å². The molecule has 0 amide bonds. The molecule has 3 aliphatic carbocycles. The molecule has 0 spiro atoms. The highest BCUT2D eigenvalue weighted by molar-refractivity contribution is 5.70. The molecule has 0 bridgehead atoms. The molecule has 2 unspecified atom stereocenters. The quantitative estimate of drug-likeness (QED) is 0.232. The highest BCUT2D eigenvalue weighted by atomic mass is 14.5. The van der Waals surface area contributed by atoms with Gasteiger partial charge in [-0.15, -0.1) is 0 Å². The molecular weight excluding hydrogens is 480 g/mol. The minimum Gasteiger partial charge on any atom is -0.0764 e. The van der Waals surface area contributed by atoms with Gasteiger partial charge in [-0.1, -0.05) is 138 Å². The molecule has 6 rings (SSSR count). The molecule has 2 atom stereocenters. The Morgan fingerprint density at radius 1 is 0.500 bits per heavy atom. The first-order chi connectivity index (χ1) is 19.6. The van der Waals surface area contributed by atoms with Gasteiger partial charge in [0.2, 0.25) is 0 Å². The van der Waals surface area contributed by atoms with Gasteiger partial charge in [-0.05, 0) is 83.0 Å². The summed E-state index contributed by atoms with van der Waals surface area (Å²) in [6.45, 7) is 9.56. The van der Waals surface area contributed by atoms with Crippen molar-refractivity contribution >= 4 is 12.2 Å². The second-order valence-corrected chi connectivity index (χ2v) is 12.9. The van der Waals surface area contributed by atoms with Crippen LogP contribution in [0.4, 0.5) is 0 Å². The molecule has 0 N–H and O–H groups in total. The summed E-state index contributed by atoms with van der Waals surface area (Å²) in [6, 6.07) is 24.0. The zero-order chi connectivity index (χ0) is 27.7. The topological polar surface area (TPSA) is 0 Å². The molecule has 40 heavy (non-hydrogen) atoms. The fourth-order valence-electron chi connectivity index (χ4n) is 9.04. The van der Waals surface area contributed by atoms with E-state index in [2.05, 4.69) is 113 Å². The summed E-state index contributed by atoms with van der Waals surface area (Å²) >= 11 is 0. The lowest BCUT2D eigenvalue weighted by Gasteiger charge is -2.51. The summed E-state index contributed by atoms with van der Waals surface area (Å²) in [5, 5.41) is 0. The molecule has 0 heterocycles. The van der Waals surface area contributed by atoms with Gasteiger partial charge in [-0.25, -0.2) is 0 Å². The number of allylic oxidation sites excluding steroid dienone is 2. The van der Waals surface area contributed by atoms with Crippen molar-refractivity contribution in [3.8, 4) is 0 Å². The van der Waals surface area contributed by atoms with Crippen molar-refractivity contribution in [2.75, 3.05) is 0 Å². The Hall–Kier alpha value is -2.86. The summed E-state index contributed by atoms with van der Waals surface area (Å²) < 4.78 is 0. The van der Waals surface area contributed by atoms with Crippen LogP contribution in [-0.4, -0.2) is 0 Å². The first-order valence-corrected chi connectivity index (χ1v) is 16.4. The summed E-state index contributed by atoms with van der Waals surface area (Å²) in [4.78, 5) is 0. The van der Waals surface area contributed by atoms with Gasteiger partial charge < -0.3 is 0 Å². The van der Waals surface area contributed by atoms with Crippen LogP contribution in [0.2, 0.25) is 0 Å². The molecule has 3 aromatic rings.